The molecule has 4 aromatic rings. The number of nitrogens with two attached hydrogens (primary N) is 1. The number of hydrogen-bond acceptors (Lipinski definition) is 8. The van der Waals surface area contributed by atoms with Crippen LogP contribution in [0.4, 0.5) is 5.82 Å². The summed E-state index contributed by atoms with van der Waals surface area (Å²) >= 11 is 7.76. The van der Waals surface area contributed by atoms with Gasteiger partial charge in [0.2, 0.25) is 5.28 Å². The van der Waals surface area contributed by atoms with E-state index in [2.05, 4.69) is 32.8 Å². The first kappa shape index (κ1) is 23.8. The van der Waals surface area contributed by atoms with Crippen LogP contribution >= 0.6 is 22.9 Å². The molecule has 4 heterocycles. The molecule has 5 atom stereocenters. The zero-order valence-electron chi connectivity index (χ0n) is 19.7. The zero-order chi connectivity index (χ0) is 24.8. The van der Waals surface area contributed by atoms with Gasteiger partial charge in [0.15, 0.2) is 0 Å². The maximum atomic E-state index is 11.1. The number of nitrogens with zero attached hydrogens (tertiary/aromatic N) is 4. The number of hydrogen-bond donors (Lipinski definition) is 4. The first-order chi connectivity index (χ1) is 17.5. The van der Waals surface area contributed by atoms with Gasteiger partial charge in [-0.25, -0.2) is 9.97 Å². The Morgan fingerprint density at radius 2 is 1.97 bits per heavy atom. The fourth-order valence-corrected chi connectivity index (χ4v) is 6.92. The van der Waals surface area contributed by atoms with Crippen LogP contribution < -0.4 is 11.1 Å². The Morgan fingerprint density at radius 3 is 2.75 bits per heavy atom. The molecule has 1 unspecified atom stereocenters. The molecule has 0 amide bonds. The van der Waals surface area contributed by atoms with Gasteiger partial charge < -0.3 is 25.8 Å². The van der Waals surface area contributed by atoms with Gasteiger partial charge in [-0.15, -0.1) is 11.3 Å². The lowest BCUT2D eigenvalue weighted by Gasteiger charge is -2.30. The van der Waals surface area contributed by atoms with Gasteiger partial charge >= 0.3 is 0 Å². The SMILES string of the molecule is Nc1nc(Cl)nc2c1c(-c1nc(Cc3ccccc3)cs1)cn2[C@@H]1C[C@H](C2CCCNC2)[C@@H](O)[C@H]1O. The lowest BCUT2D eigenvalue weighted by atomic mass is 9.83. The number of anilines is 1. The fraction of sp³-hybridized carbons (Fsp3) is 0.423. The summed E-state index contributed by atoms with van der Waals surface area (Å²) in [6.45, 7) is 1.87. The third-order valence-corrected chi connectivity index (χ3v) is 8.77. The highest BCUT2D eigenvalue weighted by molar-refractivity contribution is 7.13. The second-order valence-corrected chi connectivity index (χ2v) is 11.1. The van der Waals surface area contributed by atoms with Crippen LogP contribution in [0.1, 0.15) is 36.6 Å². The number of piperidine rings is 1. The highest BCUT2D eigenvalue weighted by atomic mass is 35.5. The second-order valence-electron chi connectivity index (χ2n) is 9.89. The molecule has 8 nitrogen and oxygen atoms in total. The number of aliphatic hydroxyl groups excluding tert-OH is 2. The average Bonchev–Trinajstić information content (AvgIpc) is 3.57. The van der Waals surface area contributed by atoms with Crippen LogP contribution in [0.2, 0.25) is 5.28 Å². The molecule has 5 N–H and O–H groups in total. The summed E-state index contributed by atoms with van der Waals surface area (Å²) in [7, 11) is 0. The van der Waals surface area contributed by atoms with E-state index in [4.69, 9.17) is 22.3 Å². The van der Waals surface area contributed by atoms with E-state index in [9.17, 15) is 10.2 Å². The first-order valence-electron chi connectivity index (χ1n) is 12.4. The summed E-state index contributed by atoms with van der Waals surface area (Å²) in [5.74, 6) is 0.614. The molecule has 1 aromatic carbocycles. The molecule has 1 saturated heterocycles. The van der Waals surface area contributed by atoms with Crippen molar-refractivity contribution in [3.8, 4) is 10.6 Å². The zero-order valence-corrected chi connectivity index (χ0v) is 21.3. The molecule has 3 aromatic heterocycles. The van der Waals surface area contributed by atoms with Crippen molar-refractivity contribution in [1.29, 1.82) is 0 Å². The Hall–Kier alpha value is -2.56. The molecular formula is C26H29ClN6O2S. The van der Waals surface area contributed by atoms with Crippen molar-refractivity contribution >= 4 is 39.8 Å². The molecule has 36 heavy (non-hydrogen) atoms. The summed E-state index contributed by atoms with van der Waals surface area (Å²) in [6.07, 6.45) is 3.75. The van der Waals surface area contributed by atoms with Gasteiger partial charge in [-0.1, -0.05) is 30.3 Å². The number of nitrogen functional groups attached to an aromatic ring is 1. The molecule has 0 spiro atoms. The van der Waals surface area contributed by atoms with E-state index in [0.717, 1.165) is 48.6 Å². The van der Waals surface area contributed by atoms with Crippen LogP contribution in [0.3, 0.4) is 0 Å². The van der Waals surface area contributed by atoms with Gasteiger partial charge in [0.05, 0.1) is 23.2 Å². The Labute approximate surface area is 218 Å². The lowest BCUT2D eigenvalue weighted by Crippen LogP contribution is -2.39. The van der Waals surface area contributed by atoms with Crippen LogP contribution in [0.15, 0.2) is 41.9 Å². The number of rotatable bonds is 5. The minimum absolute atomic E-state index is 0.00527. The lowest BCUT2D eigenvalue weighted by molar-refractivity contribution is -0.00692. The molecule has 1 aliphatic carbocycles. The Balaban J connectivity index is 1.38. The van der Waals surface area contributed by atoms with Crippen molar-refractivity contribution < 1.29 is 10.2 Å². The third-order valence-electron chi connectivity index (χ3n) is 7.68. The van der Waals surface area contributed by atoms with Gasteiger partial charge in [-0.05, 0) is 61.4 Å². The highest BCUT2D eigenvalue weighted by Gasteiger charge is 2.46. The van der Waals surface area contributed by atoms with E-state index in [-0.39, 0.29) is 23.1 Å². The van der Waals surface area contributed by atoms with E-state index in [1.807, 2.05) is 29.0 Å². The highest BCUT2D eigenvalue weighted by Crippen LogP contribution is 2.45. The van der Waals surface area contributed by atoms with Crippen molar-refractivity contribution in [1.82, 2.24) is 24.8 Å². The van der Waals surface area contributed by atoms with Crippen molar-refractivity contribution in [3.63, 3.8) is 0 Å². The normalized spacial score (nSPS) is 26.6. The number of benzene rings is 1. The maximum Gasteiger partial charge on any atom is 0.226 e. The average molecular weight is 525 g/mol. The summed E-state index contributed by atoms with van der Waals surface area (Å²) in [6, 6.07) is 9.87. The van der Waals surface area contributed by atoms with Crippen LogP contribution in [0, 0.1) is 11.8 Å². The molecule has 1 saturated carbocycles. The Morgan fingerprint density at radius 1 is 1.14 bits per heavy atom. The van der Waals surface area contributed by atoms with Crippen LogP contribution in [-0.2, 0) is 6.42 Å². The molecule has 1 aliphatic heterocycles. The predicted octanol–water partition coefficient (Wildman–Crippen LogP) is 3.66. The van der Waals surface area contributed by atoms with E-state index in [0.29, 0.717) is 23.4 Å². The number of halogens is 1. The number of aromatic nitrogens is 4. The monoisotopic (exact) mass is 524 g/mol. The number of nitrogens with one attached hydrogen (secondary N) is 1. The smallest absolute Gasteiger partial charge is 0.226 e. The van der Waals surface area contributed by atoms with E-state index in [1.54, 1.807) is 11.3 Å². The van der Waals surface area contributed by atoms with Crippen molar-refractivity contribution in [3.05, 3.63) is 58.4 Å². The topological polar surface area (TPSA) is 122 Å². The van der Waals surface area contributed by atoms with Crippen molar-refractivity contribution in [2.75, 3.05) is 18.8 Å². The summed E-state index contributed by atoms with van der Waals surface area (Å²) in [4.78, 5) is 13.6. The van der Waals surface area contributed by atoms with Gasteiger partial charge in [0, 0.05) is 23.6 Å². The van der Waals surface area contributed by atoms with Gasteiger partial charge in [-0.2, -0.15) is 4.98 Å². The first-order valence-corrected chi connectivity index (χ1v) is 13.6. The molecule has 6 rings (SSSR count). The molecule has 10 heteroatoms. The second kappa shape index (κ2) is 9.72. The summed E-state index contributed by atoms with van der Waals surface area (Å²) in [5.41, 5.74) is 9.88. The molecule has 0 bridgehead atoms. The largest absolute Gasteiger partial charge is 0.390 e. The quantitative estimate of drug-likeness (QED) is 0.294. The maximum absolute atomic E-state index is 11.1. The summed E-state index contributed by atoms with van der Waals surface area (Å²) < 4.78 is 1.93. The minimum Gasteiger partial charge on any atom is -0.390 e. The fourth-order valence-electron chi connectivity index (χ4n) is 5.91. The number of fused-ring (bicyclic) bond motifs is 1. The van der Waals surface area contributed by atoms with E-state index >= 15 is 0 Å². The summed E-state index contributed by atoms with van der Waals surface area (Å²) in [5, 5.41) is 29.2. The van der Waals surface area contributed by atoms with E-state index in [1.165, 1.54) is 5.56 Å². The predicted molar refractivity (Wildman–Crippen MR) is 142 cm³/mol. The van der Waals surface area contributed by atoms with Crippen LogP contribution in [0.25, 0.3) is 21.6 Å². The van der Waals surface area contributed by atoms with Crippen LogP contribution in [-0.4, -0.2) is 55.0 Å². The van der Waals surface area contributed by atoms with E-state index < -0.39 is 12.2 Å². The van der Waals surface area contributed by atoms with Crippen LogP contribution in [0.5, 0.6) is 0 Å². The molecule has 2 fully saturated rings. The Kier molecular flexibility index (Phi) is 6.43. The minimum atomic E-state index is -0.916. The van der Waals surface area contributed by atoms with Gasteiger partial charge in [0.25, 0.3) is 0 Å². The molecular weight excluding hydrogens is 496 g/mol. The number of aliphatic hydroxyl groups is 2. The standard InChI is InChI=1S/C26H29ClN6O2S/c27-26-31-23(28)20-18(25-30-16(13-36-25)9-14-5-2-1-3-6-14)12-33(24(20)32-26)19-10-17(21(34)22(19)35)15-7-4-8-29-11-15/h1-3,5-6,12-13,15,17,19,21-22,29,34-35H,4,7-11H2,(H2,28,31,32)/t15?,17-,19-,21-,22+/m1/s1. The Bertz CT molecular complexity index is 1370. The molecule has 0 radical (unpaired) electrons. The van der Waals surface area contributed by atoms with Crippen molar-refractivity contribution in [2.45, 2.75) is 43.9 Å². The van der Waals surface area contributed by atoms with Crippen molar-refractivity contribution in [2.24, 2.45) is 11.8 Å². The third kappa shape index (κ3) is 4.29. The molecule has 188 valence electrons. The van der Waals surface area contributed by atoms with Gasteiger partial charge in [0.1, 0.15) is 22.6 Å². The number of thiazole rings is 1. The molecule has 2 aliphatic rings. The van der Waals surface area contributed by atoms with Gasteiger partial charge in [-0.3, -0.25) is 0 Å².